The Bertz CT molecular complexity index is 1400. The second-order valence-electron chi connectivity index (χ2n) is 8.74. The maximum absolute atomic E-state index is 13.4. The molecular formula is C26H26N2O6S2. The number of benzene rings is 2. The van der Waals surface area contributed by atoms with Gasteiger partial charge < -0.3 is 14.8 Å². The van der Waals surface area contributed by atoms with Gasteiger partial charge in [0.1, 0.15) is 10.8 Å². The molecule has 0 radical (unpaired) electrons. The number of amides is 1. The number of carbonyl (C=O) groups excluding carboxylic acids is 2. The van der Waals surface area contributed by atoms with E-state index in [4.69, 9.17) is 9.47 Å². The zero-order chi connectivity index (χ0) is 25.3. The lowest BCUT2D eigenvalue weighted by atomic mass is 9.95. The number of ether oxygens (including phenoxy) is 2. The molecule has 0 fully saturated rings. The van der Waals surface area contributed by atoms with E-state index in [2.05, 4.69) is 5.32 Å². The highest BCUT2D eigenvalue weighted by atomic mass is 32.2. The standard InChI is InChI=1S/C26H26N2O6S2/c1-33-26(30)23-18-11-5-8-14-22(18)35-25(23)27-24(29)21-15-28(19-12-6-7-13-20(19)34-21)36(31,32)16-17-9-3-2-4-10-17/h2-4,6-7,9-10,12-13,21H,5,8,11,14-16H2,1H3,(H,27,29)/t21-/m1/s1. The minimum atomic E-state index is -3.82. The molecule has 0 spiro atoms. The fraction of sp³-hybridized carbons (Fsp3) is 0.308. The van der Waals surface area contributed by atoms with Gasteiger partial charge >= 0.3 is 5.97 Å². The molecule has 1 aliphatic carbocycles. The van der Waals surface area contributed by atoms with Crippen molar-refractivity contribution in [1.29, 1.82) is 0 Å². The molecule has 1 atom stereocenters. The van der Waals surface area contributed by atoms with E-state index in [0.717, 1.165) is 36.1 Å². The van der Waals surface area contributed by atoms with Gasteiger partial charge in [-0.2, -0.15) is 0 Å². The molecule has 8 nitrogen and oxygen atoms in total. The number of nitrogens with zero attached hydrogens (tertiary/aromatic N) is 1. The second kappa shape index (κ2) is 9.94. The zero-order valence-electron chi connectivity index (χ0n) is 19.7. The number of thiophene rings is 1. The van der Waals surface area contributed by atoms with E-state index in [9.17, 15) is 18.0 Å². The highest BCUT2D eigenvalue weighted by Crippen LogP contribution is 2.40. The summed E-state index contributed by atoms with van der Waals surface area (Å²) in [5.41, 5.74) is 2.35. The van der Waals surface area contributed by atoms with Gasteiger partial charge in [0.25, 0.3) is 5.91 Å². The van der Waals surface area contributed by atoms with Gasteiger partial charge in [-0.05, 0) is 48.9 Å². The number of esters is 1. The summed E-state index contributed by atoms with van der Waals surface area (Å²) in [6.07, 6.45) is 2.50. The van der Waals surface area contributed by atoms with Gasteiger partial charge in [-0.25, -0.2) is 13.2 Å². The summed E-state index contributed by atoms with van der Waals surface area (Å²) < 4.78 is 39.0. The number of fused-ring (bicyclic) bond motifs is 2. The lowest BCUT2D eigenvalue weighted by Crippen LogP contribution is -2.49. The van der Waals surface area contributed by atoms with Crippen molar-refractivity contribution >= 4 is 43.9 Å². The minimum Gasteiger partial charge on any atom is -0.476 e. The van der Waals surface area contributed by atoms with Crippen LogP contribution in [0.4, 0.5) is 10.7 Å². The van der Waals surface area contributed by atoms with Crippen molar-refractivity contribution in [3.63, 3.8) is 0 Å². The maximum Gasteiger partial charge on any atom is 0.341 e. The molecule has 36 heavy (non-hydrogen) atoms. The van der Waals surface area contributed by atoms with Crippen LogP contribution in [-0.2, 0) is 38.1 Å². The van der Waals surface area contributed by atoms with Crippen LogP contribution < -0.4 is 14.4 Å². The molecule has 1 aliphatic heterocycles. The third kappa shape index (κ3) is 4.70. The summed E-state index contributed by atoms with van der Waals surface area (Å²) in [5.74, 6) is -0.917. The van der Waals surface area contributed by atoms with Crippen molar-refractivity contribution in [3.8, 4) is 5.75 Å². The van der Waals surface area contributed by atoms with Crippen LogP contribution in [0.2, 0.25) is 0 Å². The van der Waals surface area contributed by atoms with E-state index < -0.39 is 28.0 Å². The van der Waals surface area contributed by atoms with Crippen LogP contribution in [0.3, 0.4) is 0 Å². The van der Waals surface area contributed by atoms with Gasteiger partial charge in [0.2, 0.25) is 10.0 Å². The summed E-state index contributed by atoms with van der Waals surface area (Å²) >= 11 is 1.37. The van der Waals surface area contributed by atoms with Crippen molar-refractivity contribution in [3.05, 3.63) is 76.2 Å². The molecule has 2 aliphatic rings. The van der Waals surface area contributed by atoms with Gasteiger partial charge in [0.05, 0.1) is 30.7 Å². The molecule has 1 amide bonds. The quantitative estimate of drug-likeness (QED) is 0.484. The molecule has 5 rings (SSSR count). The van der Waals surface area contributed by atoms with E-state index in [1.807, 2.05) is 6.07 Å². The van der Waals surface area contributed by atoms with E-state index in [0.29, 0.717) is 27.6 Å². The summed E-state index contributed by atoms with van der Waals surface area (Å²) in [6.45, 7) is -0.184. The Morgan fingerprint density at radius 1 is 1.08 bits per heavy atom. The van der Waals surface area contributed by atoms with E-state index >= 15 is 0 Å². The first-order chi connectivity index (χ1) is 17.4. The Labute approximate surface area is 213 Å². The Hall–Kier alpha value is -3.37. The summed E-state index contributed by atoms with van der Waals surface area (Å²) in [6, 6.07) is 15.7. The van der Waals surface area contributed by atoms with Gasteiger partial charge in [-0.3, -0.25) is 9.10 Å². The molecule has 0 bridgehead atoms. The van der Waals surface area contributed by atoms with Crippen LogP contribution in [-0.4, -0.2) is 40.1 Å². The second-order valence-corrected chi connectivity index (χ2v) is 11.7. The van der Waals surface area contributed by atoms with Crippen LogP contribution in [0.25, 0.3) is 0 Å². The van der Waals surface area contributed by atoms with Gasteiger partial charge in [-0.1, -0.05) is 42.5 Å². The average Bonchev–Trinajstić information content (AvgIpc) is 3.25. The normalized spacial score (nSPS) is 16.9. The topological polar surface area (TPSA) is 102 Å². The van der Waals surface area contributed by atoms with Crippen LogP contribution in [0.1, 0.15) is 39.2 Å². The molecule has 1 aromatic heterocycles. The molecule has 2 aromatic carbocycles. The smallest absolute Gasteiger partial charge is 0.341 e. The number of anilines is 2. The number of nitrogens with one attached hydrogen (secondary N) is 1. The molecule has 0 unspecified atom stereocenters. The molecule has 0 saturated carbocycles. The number of para-hydroxylation sites is 2. The average molecular weight is 527 g/mol. The highest BCUT2D eigenvalue weighted by molar-refractivity contribution is 7.92. The van der Waals surface area contributed by atoms with E-state index in [1.54, 1.807) is 48.5 Å². The van der Waals surface area contributed by atoms with Crippen molar-refractivity contribution in [2.24, 2.45) is 0 Å². The number of aryl methyl sites for hydroxylation is 1. The summed E-state index contributed by atoms with van der Waals surface area (Å²) in [7, 11) is -2.50. The van der Waals surface area contributed by atoms with Crippen LogP contribution >= 0.6 is 11.3 Å². The number of rotatable bonds is 6. The van der Waals surface area contributed by atoms with E-state index in [-0.39, 0.29) is 12.3 Å². The monoisotopic (exact) mass is 526 g/mol. The zero-order valence-corrected chi connectivity index (χ0v) is 21.4. The highest BCUT2D eigenvalue weighted by Gasteiger charge is 2.37. The number of sulfonamides is 1. The molecule has 3 aromatic rings. The third-order valence-corrected chi connectivity index (χ3v) is 9.28. The first kappa shape index (κ1) is 24.3. The Morgan fingerprint density at radius 2 is 1.81 bits per heavy atom. The minimum absolute atomic E-state index is 0.184. The van der Waals surface area contributed by atoms with Gasteiger partial charge in [-0.15, -0.1) is 11.3 Å². The molecule has 2 heterocycles. The Kier molecular flexibility index (Phi) is 6.72. The van der Waals surface area contributed by atoms with Crippen molar-refractivity contribution in [2.75, 3.05) is 23.3 Å². The third-order valence-electron chi connectivity index (χ3n) is 6.35. The number of hydrogen-bond donors (Lipinski definition) is 1. The molecule has 1 N–H and O–H groups in total. The first-order valence-corrected chi connectivity index (χ1v) is 14.1. The van der Waals surface area contributed by atoms with Crippen molar-refractivity contribution in [2.45, 2.75) is 37.5 Å². The largest absolute Gasteiger partial charge is 0.476 e. The van der Waals surface area contributed by atoms with Crippen molar-refractivity contribution in [1.82, 2.24) is 0 Å². The number of carbonyl (C=O) groups is 2. The van der Waals surface area contributed by atoms with Crippen LogP contribution in [0.5, 0.6) is 5.75 Å². The Balaban J connectivity index is 1.43. The van der Waals surface area contributed by atoms with Gasteiger partial charge in [0.15, 0.2) is 6.10 Å². The van der Waals surface area contributed by atoms with Crippen LogP contribution in [0, 0.1) is 0 Å². The number of methoxy groups -OCH3 is 1. The fourth-order valence-electron chi connectivity index (χ4n) is 4.63. The summed E-state index contributed by atoms with van der Waals surface area (Å²) in [5, 5.41) is 3.25. The molecular weight excluding hydrogens is 500 g/mol. The molecule has 10 heteroatoms. The molecule has 188 valence electrons. The lowest BCUT2D eigenvalue weighted by Gasteiger charge is -2.34. The van der Waals surface area contributed by atoms with Crippen LogP contribution in [0.15, 0.2) is 54.6 Å². The predicted molar refractivity (Wildman–Crippen MR) is 138 cm³/mol. The summed E-state index contributed by atoms with van der Waals surface area (Å²) in [4.78, 5) is 27.0. The van der Waals surface area contributed by atoms with Crippen molar-refractivity contribution < 1.29 is 27.5 Å². The predicted octanol–water partition coefficient (Wildman–Crippen LogP) is 4.15. The van der Waals surface area contributed by atoms with E-state index in [1.165, 1.54) is 22.8 Å². The fourth-order valence-corrected chi connectivity index (χ4v) is 7.49. The molecule has 0 saturated heterocycles. The first-order valence-electron chi connectivity index (χ1n) is 11.7. The SMILES string of the molecule is COC(=O)c1c(NC(=O)[C@H]2CN(S(=O)(=O)Cc3ccccc3)c3ccccc3O2)sc2c1CCCC2. The number of hydrogen-bond acceptors (Lipinski definition) is 7. The lowest BCUT2D eigenvalue weighted by molar-refractivity contribution is -0.122. The maximum atomic E-state index is 13.4. The Morgan fingerprint density at radius 3 is 2.58 bits per heavy atom. The van der Waals surface area contributed by atoms with Gasteiger partial charge in [0, 0.05) is 4.88 Å².